The number of hydrogen-bond donors (Lipinski definition) is 0. The number of carbonyl (C=O) groups excluding carboxylic acids is 1. The van der Waals surface area contributed by atoms with Crippen LogP contribution < -0.4 is 9.47 Å². The first-order valence-electron chi connectivity index (χ1n) is 9.15. The summed E-state index contributed by atoms with van der Waals surface area (Å²) in [4.78, 5) is 14.9. The van der Waals surface area contributed by atoms with Crippen LogP contribution in [0.25, 0.3) is 0 Å². The van der Waals surface area contributed by atoms with Crippen LogP contribution in [0.1, 0.15) is 29.6 Å². The summed E-state index contributed by atoms with van der Waals surface area (Å²) in [5.74, 6) is 0.715. The standard InChI is InChI=1S/C18H22ClNO6S/c19-15-8-12(9-16-17(15)26-6-5-25-16)18(21)20(10-14-2-1-4-24-14)13-3-7-27(22,23)11-13/h8-9,13-14H,1-7,10-11H2/t13-,14-/m0/s1. The van der Waals surface area contributed by atoms with Crippen LogP contribution in [0.3, 0.4) is 0 Å². The molecule has 1 aromatic rings. The van der Waals surface area contributed by atoms with Crippen molar-refractivity contribution >= 4 is 27.3 Å². The Morgan fingerprint density at radius 2 is 2.00 bits per heavy atom. The van der Waals surface area contributed by atoms with Gasteiger partial charge < -0.3 is 19.1 Å². The van der Waals surface area contributed by atoms with Gasteiger partial charge in [-0.05, 0) is 31.4 Å². The van der Waals surface area contributed by atoms with Gasteiger partial charge in [-0.3, -0.25) is 4.79 Å². The van der Waals surface area contributed by atoms with Crippen molar-refractivity contribution in [3.05, 3.63) is 22.7 Å². The minimum absolute atomic E-state index is 0.0102. The fourth-order valence-electron chi connectivity index (χ4n) is 3.83. The Hall–Kier alpha value is -1.51. The van der Waals surface area contributed by atoms with Crippen LogP contribution in [0.5, 0.6) is 11.5 Å². The number of sulfone groups is 1. The zero-order valence-electron chi connectivity index (χ0n) is 14.9. The van der Waals surface area contributed by atoms with Crippen molar-refractivity contribution in [3.8, 4) is 11.5 Å². The fourth-order valence-corrected chi connectivity index (χ4v) is 5.82. The van der Waals surface area contributed by atoms with Crippen molar-refractivity contribution in [2.24, 2.45) is 0 Å². The highest BCUT2D eigenvalue weighted by Crippen LogP contribution is 2.39. The molecule has 0 bridgehead atoms. The topological polar surface area (TPSA) is 82.1 Å². The number of halogens is 1. The van der Waals surface area contributed by atoms with Crippen molar-refractivity contribution in [2.75, 3.05) is 37.9 Å². The minimum Gasteiger partial charge on any atom is -0.486 e. The normalized spacial score (nSPS) is 26.1. The van der Waals surface area contributed by atoms with Crippen LogP contribution in [-0.2, 0) is 14.6 Å². The molecule has 0 aliphatic carbocycles. The Labute approximate surface area is 163 Å². The zero-order chi connectivity index (χ0) is 19.0. The molecule has 9 heteroatoms. The summed E-state index contributed by atoms with van der Waals surface area (Å²) in [7, 11) is -3.12. The van der Waals surface area contributed by atoms with E-state index >= 15 is 0 Å². The third-order valence-corrected chi connectivity index (χ3v) is 7.21. The molecule has 0 unspecified atom stereocenters. The largest absolute Gasteiger partial charge is 0.486 e. The number of hydrogen-bond acceptors (Lipinski definition) is 6. The van der Waals surface area contributed by atoms with E-state index in [2.05, 4.69) is 0 Å². The van der Waals surface area contributed by atoms with Crippen molar-refractivity contribution in [1.29, 1.82) is 0 Å². The molecule has 0 aromatic heterocycles. The number of rotatable bonds is 4. The van der Waals surface area contributed by atoms with Gasteiger partial charge in [-0.15, -0.1) is 0 Å². The van der Waals surface area contributed by atoms with Crippen molar-refractivity contribution in [1.82, 2.24) is 4.90 Å². The van der Waals surface area contributed by atoms with Gasteiger partial charge in [0.1, 0.15) is 13.2 Å². The van der Waals surface area contributed by atoms with Crippen molar-refractivity contribution in [2.45, 2.75) is 31.4 Å². The molecule has 4 rings (SSSR count). The van der Waals surface area contributed by atoms with E-state index in [1.54, 1.807) is 17.0 Å². The molecule has 7 nitrogen and oxygen atoms in total. The van der Waals surface area contributed by atoms with Gasteiger partial charge in [0.15, 0.2) is 21.3 Å². The monoisotopic (exact) mass is 415 g/mol. The summed E-state index contributed by atoms with van der Waals surface area (Å²) in [6.45, 7) is 1.85. The van der Waals surface area contributed by atoms with Crippen LogP contribution in [-0.4, -0.2) is 69.2 Å². The van der Waals surface area contributed by atoms with E-state index in [1.807, 2.05) is 0 Å². The molecule has 1 amide bonds. The highest BCUT2D eigenvalue weighted by Gasteiger charge is 2.37. The molecule has 27 heavy (non-hydrogen) atoms. The van der Waals surface area contributed by atoms with Crippen molar-refractivity contribution < 1.29 is 27.4 Å². The summed E-state index contributed by atoms with van der Waals surface area (Å²) < 4.78 is 40.7. The van der Waals surface area contributed by atoms with E-state index in [-0.39, 0.29) is 29.6 Å². The molecule has 3 aliphatic heterocycles. The second-order valence-electron chi connectivity index (χ2n) is 7.13. The van der Waals surface area contributed by atoms with Crippen LogP contribution in [0.2, 0.25) is 5.02 Å². The lowest BCUT2D eigenvalue weighted by molar-refractivity contribution is 0.0441. The molecule has 2 atom stereocenters. The highest BCUT2D eigenvalue weighted by atomic mass is 35.5. The summed E-state index contributed by atoms with van der Waals surface area (Å²) >= 11 is 6.28. The van der Waals surface area contributed by atoms with Crippen LogP contribution in [0.15, 0.2) is 12.1 Å². The van der Waals surface area contributed by atoms with Gasteiger partial charge in [0, 0.05) is 24.8 Å². The summed E-state index contributed by atoms with van der Waals surface area (Å²) in [5, 5.41) is 0.312. The molecule has 2 saturated heterocycles. The lowest BCUT2D eigenvalue weighted by atomic mass is 10.1. The van der Waals surface area contributed by atoms with Gasteiger partial charge in [-0.2, -0.15) is 0 Å². The second-order valence-corrected chi connectivity index (χ2v) is 9.77. The Morgan fingerprint density at radius 1 is 1.19 bits per heavy atom. The lowest BCUT2D eigenvalue weighted by Gasteiger charge is -2.31. The average Bonchev–Trinajstić information content (AvgIpc) is 3.28. The van der Waals surface area contributed by atoms with E-state index in [9.17, 15) is 13.2 Å². The van der Waals surface area contributed by atoms with E-state index in [1.165, 1.54) is 0 Å². The number of amides is 1. The highest BCUT2D eigenvalue weighted by molar-refractivity contribution is 7.91. The third kappa shape index (κ3) is 4.02. The smallest absolute Gasteiger partial charge is 0.254 e. The predicted molar refractivity (Wildman–Crippen MR) is 99.5 cm³/mol. The van der Waals surface area contributed by atoms with Gasteiger partial charge in [0.25, 0.3) is 5.91 Å². The summed E-state index contributed by atoms with van der Waals surface area (Å²) in [6.07, 6.45) is 2.19. The van der Waals surface area contributed by atoms with Gasteiger partial charge >= 0.3 is 0 Å². The molecule has 0 radical (unpaired) electrons. The molecule has 3 heterocycles. The summed E-state index contributed by atoms with van der Waals surface area (Å²) in [6, 6.07) is 2.83. The van der Waals surface area contributed by atoms with E-state index < -0.39 is 9.84 Å². The van der Waals surface area contributed by atoms with Gasteiger partial charge in [-0.1, -0.05) is 11.6 Å². The van der Waals surface area contributed by atoms with E-state index in [4.69, 9.17) is 25.8 Å². The molecule has 1 aromatic carbocycles. The first-order chi connectivity index (χ1) is 12.9. The number of ether oxygens (including phenoxy) is 3. The Morgan fingerprint density at radius 3 is 2.70 bits per heavy atom. The van der Waals surface area contributed by atoms with Gasteiger partial charge in [0.2, 0.25) is 0 Å². The SMILES string of the molecule is O=C(c1cc(Cl)c2c(c1)OCCO2)N(C[C@@H]1CCCO1)[C@H]1CCS(=O)(=O)C1. The van der Waals surface area contributed by atoms with Crippen LogP contribution in [0.4, 0.5) is 0 Å². The van der Waals surface area contributed by atoms with E-state index in [0.717, 1.165) is 12.8 Å². The maximum absolute atomic E-state index is 13.3. The molecular formula is C18H22ClNO6S. The van der Waals surface area contributed by atoms with Crippen LogP contribution >= 0.6 is 11.6 Å². The third-order valence-electron chi connectivity index (χ3n) is 5.18. The molecule has 0 saturated carbocycles. The van der Waals surface area contributed by atoms with E-state index in [0.29, 0.717) is 54.9 Å². The Bertz CT molecular complexity index is 836. The van der Waals surface area contributed by atoms with Crippen LogP contribution in [0, 0.1) is 0 Å². The number of fused-ring (bicyclic) bond motifs is 1. The molecule has 0 N–H and O–H groups in total. The first-order valence-corrected chi connectivity index (χ1v) is 11.3. The Kier molecular flexibility index (Phi) is 5.22. The predicted octanol–water partition coefficient (Wildman–Crippen LogP) is 1.92. The second kappa shape index (κ2) is 7.48. The maximum atomic E-state index is 13.3. The first kappa shape index (κ1) is 18.8. The van der Waals surface area contributed by atoms with Crippen molar-refractivity contribution in [3.63, 3.8) is 0 Å². The fraction of sp³-hybridized carbons (Fsp3) is 0.611. The summed E-state index contributed by atoms with van der Waals surface area (Å²) in [5.41, 5.74) is 0.367. The quantitative estimate of drug-likeness (QED) is 0.747. The van der Waals surface area contributed by atoms with Gasteiger partial charge in [0.05, 0.1) is 22.6 Å². The molecule has 3 aliphatic rings. The number of carbonyl (C=O) groups is 1. The maximum Gasteiger partial charge on any atom is 0.254 e. The zero-order valence-corrected chi connectivity index (χ0v) is 16.4. The molecular weight excluding hydrogens is 394 g/mol. The number of nitrogens with zero attached hydrogens (tertiary/aromatic N) is 1. The average molecular weight is 416 g/mol. The molecule has 0 spiro atoms. The number of benzene rings is 1. The minimum atomic E-state index is -3.12. The van der Waals surface area contributed by atoms with Gasteiger partial charge in [-0.25, -0.2) is 8.42 Å². The Balaban J connectivity index is 1.62. The molecule has 2 fully saturated rings. The lowest BCUT2D eigenvalue weighted by Crippen LogP contribution is -2.45. The molecule has 148 valence electrons.